The van der Waals surface area contributed by atoms with E-state index in [1.165, 1.54) is 32.0 Å². The Hall–Kier alpha value is -3.22. The Kier molecular flexibility index (Phi) is 6.06. The molecule has 0 aromatic heterocycles. The lowest BCUT2D eigenvalue weighted by molar-refractivity contribution is -0.116. The minimum Gasteiger partial charge on any atom is -0.374 e. The number of rotatable bonds is 6. The van der Waals surface area contributed by atoms with Gasteiger partial charge in [0.2, 0.25) is 11.8 Å². The predicted molar refractivity (Wildman–Crippen MR) is 98.9 cm³/mol. The smallest absolute Gasteiger partial charge is 0.246 e. The van der Waals surface area contributed by atoms with Crippen LogP contribution < -0.4 is 16.0 Å². The van der Waals surface area contributed by atoms with Gasteiger partial charge in [-0.2, -0.15) is 0 Å². The van der Waals surface area contributed by atoms with Gasteiger partial charge in [-0.25, -0.2) is 4.39 Å². The van der Waals surface area contributed by atoms with Crippen LogP contribution in [0.3, 0.4) is 0 Å². The van der Waals surface area contributed by atoms with Crippen LogP contribution in [0.1, 0.15) is 31.1 Å². The lowest BCUT2D eigenvalue weighted by atomic mass is 10.1. The van der Waals surface area contributed by atoms with Crippen molar-refractivity contribution in [2.45, 2.75) is 26.8 Å². The van der Waals surface area contributed by atoms with Crippen molar-refractivity contribution in [3.8, 4) is 0 Å². The summed E-state index contributed by atoms with van der Waals surface area (Å²) in [6.07, 6.45) is 0. The Morgan fingerprint density at radius 1 is 0.962 bits per heavy atom. The van der Waals surface area contributed by atoms with Crippen LogP contribution in [0.4, 0.5) is 21.5 Å². The van der Waals surface area contributed by atoms with Gasteiger partial charge in [-0.3, -0.25) is 14.4 Å². The standard InChI is InChI=1S/C19H20FN3O3/c1-11(19(26)23-15-6-4-5-14(9-15)12(2)24)21-16-7-8-17(20)18(10-16)22-13(3)25/h4-11,21H,1-3H3,(H,22,25)(H,23,26)/t11-/m0/s1. The molecule has 0 spiro atoms. The van der Waals surface area contributed by atoms with E-state index in [1.807, 2.05) is 0 Å². The van der Waals surface area contributed by atoms with Gasteiger partial charge in [0, 0.05) is 23.9 Å². The number of ketones is 1. The van der Waals surface area contributed by atoms with Crippen LogP contribution in [0.25, 0.3) is 0 Å². The summed E-state index contributed by atoms with van der Waals surface area (Å²) in [7, 11) is 0. The van der Waals surface area contributed by atoms with E-state index in [0.29, 0.717) is 16.9 Å². The Morgan fingerprint density at radius 3 is 2.35 bits per heavy atom. The highest BCUT2D eigenvalue weighted by molar-refractivity contribution is 5.99. The van der Waals surface area contributed by atoms with Gasteiger partial charge < -0.3 is 16.0 Å². The van der Waals surface area contributed by atoms with Crippen molar-refractivity contribution in [1.29, 1.82) is 0 Å². The summed E-state index contributed by atoms with van der Waals surface area (Å²) in [5, 5.41) is 8.05. The van der Waals surface area contributed by atoms with Crippen LogP contribution in [-0.4, -0.2) is 23.6 Å². The molecule has 136 valence electrons. The number of carbonyl (C=O) groups excluding carboxylic acids is 3. The SMILES string of the molecule is CC(=O)Nc1cc(N[C@@H](C)C(=O)Nc2cccc(C(C)=O)c2)ccc1F. The Bertz CT molecular complexity index is 852. The van der Waals surface area contributed by atoms with Crippen LogP contribution >= 0.6 is 0 Å². The molecule has 3 N–H and O–H groups in total. The maximum Gasteiger partial charge on any atom is 0.246 e. The van der Waals surface area contributed by atoms with Crippen LogP contribution in [0.15, 0.2) is 42.5 Å². The van der Waals surface area contributed by atoms with E-state index < -0.39 is 17.8 Å². The molecular formula is C19H20FN3O3. The first kappa shape index (κ1) is 19.1. The molecule has 0 saturated carbocycles. The summed E-state index contributed by atoms with van der Waals surface area (Å²) in [5.74, 6) is -1.37. The highest BCUT2D eigenvalue weighted by atomic mass is 19.1. The number of Topliss-reactive ketones (excluding diaryl/α,β-unsaturated/α-hetero) is 1. The highest BCUT2D eigenvalue weighted by Gasteiger charge is 2.14. The fraction of sp³-hybridized carbons (Fsp3) is 0.211. The van der Waals surface area contributed by atoms with E-state index in [1.54, 1.807) is 31.2 Å². The summed E-state index contributed by atoms with van der Waals surface area (Å²) >= 11 is 0. The van der Waals surface area contributed by atoms with Gasteiger partial charge in [0.1, 0.15) is 11.9 Å². The van der Waals surface area contributed by atoms with Crippen molar-refractivity contribution >= 4 is 34.7 Å². The first-order chi connectivity index (χ1) is 12.3. The molecule has 2 aromatic carbocycles. The molecule has 2 amide bonds. The molecular weight excluding hydrogens is 337 g/mol. The maximum absolute atomic E-state index is 13.7. The van der Waals surface area contributed by atoms with E-state index >= 15 is 0 Å². The molecule has 0 fully saturated rings. The summed E-state index contributed by atoms with van der Waals surface area (Å²) < 4.78 is 13.7. The zero-order valence-electron chi connectivity index (χ0n) is 14.7. The Labute approximate surface area is 150 Å². The molecule has 2 aromatic rings. The maximum atomic E-state index is 13.7. The first-order valence-electron chi connectivity index (χ1n) is 8.02. The summed E-state index contributed by atoms with van der Waals surface area (Å²) in [4.78, 5) is 34.8. The van der Waals surface area contributed by atoms with Crippen LogP contribution in [-0.2, 0) is 9.59 Å². The van der Waals surface area contributed by atoms with Gasteiger partial charge in [-0.1, -0.05) is 12.1 Å². The molecule has 0 aliphatic heterocycles. The van der Waals surface area contributed by atoms with Gasteiger partial charge in [0.15, 0.2) is 5.78 Å². The monoisotopic (exact) mass is 357 g/mol. The van der Waals surface area contributed by atoms with Gasteiger partial charge in [0.05, 0.1) is 5.69 Å². The third-order valence-corrected chi connectivity index (χ3v) is 3.59. The highest BCUT2D eigenvalue weighted by Crippen LogP contribution is 2.20. The van der Waals surface area contributed by atoms with Crippen LogP contribution in [0.2, 0.25) is 0 Å². The molecule has 6 nitrogen and oxygen atoms in total. The molecule has 1 atom stereocenters. The first-order valence-corrected chi connectivity index (χ1v) is 8.02. The van der Waals surface area contributed by atoms with Gasteiger partial charge in [-0.05, 0) is 44.2 Å². The van der Waals surface area contributed by atoms with E-state index in [-0.39, 0.29) is 17.4 Å². The largest absolute Gasteiger partial charge is 0.374 e. The molecule has 7 heteroatoms. The number of halogens is 1. The molecule has 0 unspecified atom stereocenters. The molecule has 0 heterocycles. The van der Waals surface area contributed by atoms with Gasteiger partial charge in [0.25, 0.3) is 0 Å². The van der Waals surface area contributed by atoms with Crippen molar-refractivity contribution < 1.29 is 18.8 Å². The topological polar surface area (TPSA) is 87.3 Å². The van der Waals surface area contributed by atoms with Crippen molar-refractivity contribution in [2.24, 2.45) is 0 Å². The minimum atomic E-state index is -0.633. The second-order valence-corrected chi connectivity index (χ2v) is 5.87. The number of nitrogens with one attached hydrogen (secondary N) is 3. The van der Waals surface area contributed by atoms with Gasteiger partial charge >= 0.3 is 0 Å². The average Bonchev–Trinajstić information content (AvgIpc) is 2.57. The normalized spacial score (nSPS) is 11.4. The third-order valence-electron chi connectivity index (χ3n) is 3.59. The molecule has 0 saturated heterocycles. The van der Waals surface area contributed by atoms with Crippen molar-refractivity contribution in [3.63, 3.8) is 0 Å². The number of anilines is 3. The number of carbonyl (C=O) groups is 3. The van der Waals surface area contributed by atoms with Crippen molar-refractivity contribution in [3.05, 3.63) is 53.8 Å². The zero-order chi connectivity index (χ0) is 19.3. The lowest BCUT2D eigenvalue weighted by Gasteiger charge is -2.16. The van der Waals surface area contributed by atoms with E-state index in [2.05, 4.69) is 16.0 Å². The third kappa shape index (κ3) is 5.14. The fourth-order valence-electron chi connectivity index (χ4n) is 2.28. The molecule has 0 aliphatic rings. The Balaban J connectivity index is 2.06. The van der Waals surface area contributed by atoms with Crippen LogP contribution in [0, 0.1) is 5.82 Å². The lowest BCUT2D eigenvalue weighted by Crippen LogP contribution is -2.32. The minimum absolute atomic E-state index is 0.0317. The summed E-state index contributed by atoms with van der Waals surface area (Å²) in [6, 6.07) is 10.1. The molecule has 0 bridgehead atoms. The number of benzene rings is 2. The number of hydrogen-bond acceptors (Lipinski definition) is 4. The number of hydrogen-bond donors (Lipinski definition) is 3. The summed E-state index contributed by atoms with van der Waals surface area (Å²) in [5.41, 5.74) is 1.52. The second kappa shape index (κ2) is 8.24. The summed E-state index contributed by atoms with van der Waals surface area (Å²) in [6.45, 7) is 4.38. The van der Waals surface area contributed by atoms with E-state index in [0.717, 1.165) is 0 Å². The molecule has 0 radical (unpaired) electrons. The van der Waals surface area contributed by atoms with Crippen LogP contribution in [0.5, 0.6) is 0 Å². The van der Waals surface area contributed by atoms with Crippen molar-refractivity contribution in [2.75, 3.05) is 16.0 Å². The average molecular weight is 357 g/mol. The fourth-order valence-corrected chi connectivity index (χ4v) is 2.28. The zero-order valence-corrected chi connectivity index (χ0v) is 14.7. The molecule has 2 rings (SSSR count). The number of amides is 2. The Morgan fingerprint density at radius 2 is 1.69 bits per heavy atom. The van der Waals surface area contributed by atoms with E-state index in [4.69, 9.17) is 0 Å². The molecule has 0 aliphatic carbocycles. The van der Waals surface area contributed by atoms with Gasteiger partial charge in [-0.15, -0.1) is 0 Å². The van der Waals surface area contributed by atoms with Crippen molar-refractivity contribution in [1.82, 2.24) is 0 Å². The second-order valence-electron chi connectivity index (χ2n) is 5.87. The van der Waals surface area contributed by atoms with E-state index in [9.17, 15) is 18.8 Å². The predicted octanol–water partition coefficient (Wildman–Crippen LogP) is 3.43. The molecule has 26 heavy (non-hydrogen) atoms. The quantitative estimate of drug-likeness (QED) is 0.691.